The van der Waals surface area contributed by atoms with Crippen molar-refractivity contribution in [3.05, 3.63) is 40.9 Å². The maximum absolute atomic E-state index is 5.93. The van der Waals surface area contributed by atoms with Gasteiger partial charge in [0.2, 0.25) is 0 Å². The van der Waals surface area contributed by atoms with E-state index in [0.717, 1.165) is 22.8 Å². The number of hydrogen-bond donors (Lipinski definition) is 1. The molecule has 0 nitrogen and oxygen atoms in total. The Balaban J connectivity index is 2.68. The largest absolute Gasteiger partial charge is 0.179 e. The zero-order valence-electron chi connectivity index (χ0n) is 6.70. The molecule has 2 heteroatoms. The molecule has 1 rings (SSSR count). The highest BCUT2D eigenvalue weighted by atomic mass is 35.5. The summed E-state index contributed by atoms with van der Waals surface area (Å²) in [5.74, 6) is 0.876. The molecule has 0 aromatic heterocycles. The van der Waals surface area contributed by atoms with Crippen LogP contribution in [0, 0.1) is 0 Å². The van der Waals surface area contributed by atoms with Crippen LogP contribution in [-0.4, -0.2) is 5.75 Å². The fourth-order valence-electron chi connectivity index (χ4n) is 0.895. The Morgan fingerprint density at radius 1 is 1.33 bits per heavy atom. The van der Waals surface area contributed by atoms with E-state index < -0.39 is 0 Å². The Kier molecular flexibility index (Phi) is 4.26. The van der Waals surface area contributed by atoms with Crippen LogP contribution in [0.25, 0.3) is 6.08 Å². The van der Waals surface area contributed by atoms with Gasteiger partial charge < -0.3 is 0 Å². The Bertz CT molecular complexity index is 268. The van der Waals surface area contributed by atoms with Crippen molar-refractivity contribution in [2.24, 2.45) is 0 Å². The van der Waals surface area contributed by atoms with E-state index in [1.54, 1.807) is 0 Å². The van der Waals surface area contributed by atoms with E-state index in [2.05, 4.69) is 18.7 Å². The molecule has 1 aromatic rings. The van der Waals surface area contributed by atoms with E-state index in [9.17, 15) is 0 Å². The maximum atomic E-state index is 5.93. The van der Waals surface area contributed by atoms with Gasteiger partial charge in [0, 0.05) is 5.02 Å². The highest BCUT2D eigenvalue weighted by molar-refractivity contribution is 7.80. The molecule has 0 fully saturated rings. The van der Waals surface area contributed by atoms with Gasteiger partial charge >= 0.3 is 0 Å². The third-order valence-corrected chi connectivity index (χ3v) is 2.10. The summed E-state index contributed by atoms with van der Waals surface area (Å²) in [6.07, 6.45) is 5.08. The summed E-state index contributed by atoms with van der Waals surface area (Å²) in [6.45, 7) is 0. The number of thiol groups is 1. The monoisotopic (exact) mass is 198 g/mol. The van der Waals surface area contributed by atoms with Crippen molar-refractivity contribution >= 4 is 30.3 Å². The molecule has 0 aliphatic carbocycles. The van der Waals surface area contributed by atoms with Gasteiger partial charge in [-0.2, -0.15) is 12.6 Å². The van der Waals surface area contributed by atoms with Crippen LogP contribution in [0.2, 0.25) is 5.02 Å². The van der Waals surface area contributed by atoms with Gasteiger partial charge in [-0.25, -0.2) is 0 Å². The second kappa shape index (κ2) is 5.28. The lowest BCUT2D eigenvalue weighted by atomic mass is 10.2. The van der Waals surface area contributed by atoms with E-state index >= 15 is 0 Å². The molecule has 0 aliphatic rings. The molecule has 0 amide bonds. The minimum atomic E-state index is 0.799. The highest BCUT2D eigenvalue weighted by Crippen LogP contribution is 2.16. The summed E-state index contributed by atoms with van der Waals surface area (Å²) in [5.41, 5.74) is 1.07. The molecule has 0 saturated heterocycles. The molecule has 1 aromatic carbocycles. The van der Waals surface area contributed by atoms with Gasteiger partial charge in [-0.15, -0.1) is 0 Å². The molecule has 0 radical (unpaired) electrons. The molecular formula is C10H11ClS. The van der Waals surface area contributed by atoms with Gasteiger partial charge in [0.05, 0.1) is 0 Å². The first kappa shape index (κ1) is 9.69. The SMILES string of the molecule is SCCC=Cc1ccccc1Cl. The van der Waals surface area contributed by atoms with E-state index in [-0.39, 0.29) is 0 Å². The second-order valence-corrected chi connectivity index (χ2v) is 3.29. The van der Waals surface area contributed by atoms with E-state index in [4.69, 9.17) is 11.6 Å². The van der Waals surface area contributed by atoms with Crippen molar-refractivity contribution in [2.75, 3.05) is 5.75 Å². The minimum absolute atomic E-state index is 0.799. The second-order valence-electron chi connectivity index (χ2n) is 2.44. The Hall–Kier alpha value is -0.400. The first-order valence-electron chi connectivity index (χ1n) is 3.86. The van der Waals surface area contributed by atoms with Crippen LogP contribution < -0.4 is 0 Å². The summed E-state index contributed by atoms with van der Waals surface area (Å²) in [4.78, 5) is 0. The van der Waals surface area contributed by atoms with Crippen LogP contribution in [-0.2, 0) is 0 Å². The Morgan fingerprint density at radius 3 is 2.75 bits per heavy atom. The molecule has 0 unspecified atom stereocenters. The highest BCUT2D eigenvalue weighted by Gasteiger charge is 1.91. The fraction of sp³-hybridized carbons (Fsp3) is 0.200. The van der Waals surface area contributed by atoms with Crippen LogP contribution in [0.1, 0.15) is 12.0 Å². The first-order chi connectivity index (χ1) is 5.84. The summed E-state index contributed by atoms with van der Waals surface area (Å²) < 4.78 is 0. The third-order valence-electron chi connectivity index (χ3n) is 1.50. The Morgan fingerprint density at radius 2 is 2.08 bits per heavy atom. The molecule has 0 spiro atoms. The van der Waals surface area contributed by atoms with E-state index in [1.165, 1.54) is 0 Å². The standard InChI is InChI=1S/C10H11ClS/c11-10-7-2-1-5-9(10)6-3-4-8-12/h1-3,5-7,12H,4,8H2. The summed E-state index contributed by atoms with van der Waals surface area (Å²) in [6, 6.07) is 7.80. The smallest absolute Gasteiger partial charge is 0.0478 e. The lowest BCUT2D eigenvalue weighted by molar-refractivity contribution is 1.26. The topological polar surface area (TPSA) is 0 Å². The fourth-order valence-corrected chi connectivity index (χ4v) is 1.24. The van der Waals surface area contributed by atoms with Crippen molar-refractivity contribution in [3.63, 3.8) is 0 Å². The van der Waals surface area contributed by atoms with Crippen LogP contribution in [0.4, 0.5) is 0 Å². The number of halogens is 1. The zero-order valence-corrected chi connectivity index (χ0v) is 8.35. The molecule has 0 saturated carbocycles. The van der Waals surface area contributed by atoms with Gasteiger partial charge in [0.25, 0.3) is 0 Å². The van der Waals surface area contributed by atoms with E-state index in [1.807, 2.05) is 30.3 Å². The van der Waals surface area contributed by atoms with Gasteiger partial charge in [0.1, 0.15) is 0 Å². The van der Waals surface area contributed by atoms with Crippen LogP contribution in [0.3, 0.4) is 0 Å². The normalized spacial score (nSPS) is 10.8. The molecule has 0 aliphatic heterocycles. The van der Waals surface area contributed by atoms with Crippen molar-refractivity contribution in [1.82, 2.24) is 0 Å². The van der Waals surface area contributed by atoms with Crippen molar-refractivity contribution < 1.29 is 0 Å². The average Bonchev–Trinajstić information content (AvgIpc) is 2.09. The van der Waals surface area contributed by atoms with Crippen LogP contribution in [0.5, 0.6) is 0 Å². The van der Waals surface area contributed by atoms with Crippen molar-refractivity contribution in [2.45, 2.75) is 6.42 Å². The Labute approximate surface area is 83.7 Å². The molecule has 0 N–H and O–H groups in total. The molecule has 64 valence electrons. The predicted octanol–water partition coefficient (Wildman–Crippen LogP) is 3.67. The average molecular weight is 199 g/mol. The zero-order chi connectivity index (χ0) is 8.81. The van der Waals surface area contributed by atoms with Crippen LogP contribution >= 0.6 is 24.2 Å². The van der Waals surface area contributed by atoms with Crippen molar-refractivity contribution in [1.29, 1.82) is 0 Å². The molecule has 0 atom stereocenters. The molecule has 0 heterocycles. The third kappa shape index (κ3) is 2.92. The van der Waals surface area contributed by atoms with Gasteiger partial charge in [-0.3, -0.25) is 0 Å². The molecule has 0 bridgehead atoms. The van der Waals surface area contributed by atoms with Gasteiger partial charge in [-0.1, -0.05) is 42.0 Å². The quantitative estimate of drug-likeness (QED) is 0.704. The minimum Gasteiger partial charge on any atom is -0.179 e. The lowest BCUT2D eigenvalue weighted by Gasteiger charge is -1.95. The number of rotatable bonds is 3. The predicted molar refractivity (Wildman–Crippen MR) is 59.0 cm³/mol. The maximum Gasteiger partial charge on any atom is 0.0478 e. The molecular weight excluding hydrogens is 188 g/mol. The summed E-state index contributed by atoms with van der Waals surface area (Å²) >= 11 is 10.0. The van der Waals surface area contributed by atoms with Gasteiger partial charge in [-0.05, 0) is 23.8 Å². The number of allylic oxidation sites excluding steroid dienone is 1. The number of hydrogen-bond acceptors (Lipinski definition) is 1. The van der Waals surface area contributed by atoms with Crippen molar-refractivity contribution in [3.8, 4) is 0 Å². The first-order valence-corrected chi connectivity index (χ1v) is 4.87. The van der Waals surface area contributed by atoms with Crippen LogP contribution in [0.15, 0.2) is 30.3 Å². The van der Waals surface area contributed by atoms with Gasteiger partial charge in [0.15, 0.2) is 0 Å². The summed E-state index contributed by atoms with van der Waals surface area (Å²) in [5, 5.41) is 0.799. The number of benzene rings is 1. The van der Waals surface area contributed by atoms with E-state index in [0.29, 0.717) is 0 Å². The summed E-state index contributed by atoms with van der Waals surface area (Å²) in [7, 11) is 0. The molecule has 12 heavy (non-hydrogen) atoms. The lowest BCUT2D eigenvalue weighted by Crippen LogP contribution is -1.73.